The van der Waals surface area contributed by atoms with E-state index in [9.17, 15) is 19.8 Å². The number of hydrogen-bond acceptors (Lipinski definition) is 5. The van der Waals surface area contributed by atoms with Gasteiger partial charge in [0.1, 0.15) is 0 Å². The summed E-state index contributed by atoms with van der Waals surface area (Å²) in [6, 6.07) is -0.628. The minimum atomic E-state index is -0.844. The number of nitrogens with one attached hydrogen (secondary N) is 1. The van der Waals surface area contributed by atoms with Crippen molar-refractivity contribution in [2.24, 2.45) is 0 Å². The highest BCUT2D eigenvalue weighted by atomic mass is 16.5. The normalized spacial score (nSPS) is 12.8. The van der Waals surface area contributed by atoms with Crippen LogP contribution in [0, 0.1) is 0 Å². The minimum absolute atomic E-state index is 0.00765. The molecule has 0 aromatic rings. The Kier molecular flexibility index (Phi) is 58.0. The number of aliphatic hydroxyl groups is 2. The van der Waals surface area contributed by atoms with Crippen LogP contribution in [0.2, 0.25) is 0 Å². The Balaban J connectivity index is 3.38. The fraction of sp³-hybridized carbons (Fsp3) is 0.875. The summed E-state index contributed by atoms with van der Waals surface area (Å²) >= 11 is 0. The van der Waals surface area contributed by atoms with E-state index in [0.717, 1.165) is 51.4 Å². The highest BCUT2D eigenvalue weighted by Crippen LogP contribution is 2.17. The number of allylic oxidation sites excluding steroid dienone is 5. The van der Waals surface area contributed by atoms with Gasteiger partial charge in [-0.3, -0.25) is 9.59 Å². The third-order valence-corrected chi connectivity index (χ3v) is 14.4. The molecule has 6 nitrogen and oxygen atoms in total. The zero-order valence-electron chi connectivity index (χ0n) is 47.0. The van der Waals surface area contributed by atoms with Crippen molar-refractivity contribution in [1.29, 1.82) is 0 Å². The monoisotopic (exact) mass is 984 g/mol. The number of aliphatic hydroxyl groups excluding tert-OH is 2. The van der Waals surface area contributed by atoms with Crippen molar-refractivity contribution >= 4 is 11.9 Å². The molecule has 0 bridgehead atoms. The summed E-state index contributed by atoms with van der Waals surface area (Å²) in [5, 5.41) is 23.1. The van der Waals surface area contributed by atoms with Crippen LogP contribution < -0.4 is 5.32 Å². The predicted octanol–water partition coefficient (Wildman–Crippen LogP) is 19.6. The largest absolute Gasteiger partial charge is 0.466 e. The number of rotatable bonds is 58. The molecule has 0 fully saturated rings. The molecule has 70 heavy (non-hydrogen) atoms. The van der Waals surface area contributed by atoms with Gasteiger partial charge < -0.3 is 20.3 Å². The molecule has 1 amide bonds. The molecular formula is C64H121NO5. The van der Waals surface area contributed by atoms with Crippen LogP contribution in [0.3, 0.4) is 0 Å². The molecule has 0 aliphatic carbocycles. The summed E-state index contributed by atoms with van der Waals surface area (Å²) in [4.78, 5) is 24.5. The van der Waals surface area contributed by atoms with Gasteiger partial charge in [-0.25, -0.2) is 0 Å². The van der Waals surface area contributed by atoms with Gasteiger partial charge in [0.05, 0.1) is 25.4 Å². The maximum Gasteiger partial charge on any atom is 0.305 e. The highest BCUT2D eigenvalue weighted by molar-refractivity contribution is 5.76. The van der Waals surface area contributed by atoms with E-state index in [1.807, 2.05) is 6.08 Å². The van der Waals surface area contributed by atoms with Crippen LogP contribution in [-0.2, 0) is 14.3 Å². The van der Waals surface area contributed by atoms with E-state index in [1.165, 1.54) is 257 Å². The summed E-state index contributed by atoms with van der Waals surface area (Å²) < 4.78 is 5.50. The Labute approximate surface area is 436 Å². The lowest BCUT2D eigenvalue weighted by atomic mass is 10.0. The van der Waals surface area contributed by atoms with Crippen LogP contribution in [0.25, 0.3) is 0 Å². The fourth-order valence-corrected chi connectivity index (χ4v) is 9.61. The van der Waals surface area contributed by atoms with Gasteiger partial charge in [-0.15, -0.1) is 0 Å². The van der Waals surface area contributed by atoms with Crippen molar-refractivity contribution < 1.29 is 24.5 Å². The summed E-state index contributed by atoms with van der Waals surface area (Å²) in [5.41, 5.74) is 0. The second-order valence-corrected chi connectivity index (χ2v) is 21.4. The summed E-state index contributed by atoms with van der Waals surface area (Å²) in [5.74, 6) is -0.0609. The lowest BCUT2D eigenvalue weighted by Crippen LogP contribution is -2.45. The second-order valence-electron chi connectivity index (χ2n) is 21.4. The van der Waals surface area contributed by atoms with E-state index in [-0.39, 0.29) is 18.5 Å². The Morgan fingerprint density at radius 3 is 1.11 bits per heavy atom. The van der Waals surface area contributed by atoms with E-state index in [4.69, 9.17) is 4.74 Å². The number of ether oxygens (including phenoxy) is 1. The van der Waals surface area contributed by atoms with Gasteiger partial charge in [-0.1, -0.05) is 294 Å². The average molecular weight is 985 g/mol. The molecule has 412 valence electrons. The average Bonchev–Trinajstić information content (AvgIpc) is 3.36. The molecule has 0 heterocycles. The van der Waals surface area contributed by atoms with E-state index < -0.39 is 12.1 Å². The molecule has 2 atom stereocenters. The number of esters is 1. The van der Waals surface area contributed by atoms with Gasteiger partial charge in [0, 0.05) is 12.8 Å². The quantitative estimate of drug-likeness (QED) is 0.0321. The van der Waals surface area contributed by atoms with Crippen LogP contribution in [-0.4, -0.2) is 47.4 Å². The zero-order chi connectivity index (χ0) is 50.7. The maximum atomic E-state index is 12.4. The Hall–Kier alpha value is -1.92. The highest BCUT2D eigenvalue weighted by Gasteiger charge is 2.18. The van der Waals surface area contributed by atoms with Gasteiger partial charge in [-0.2, -0.15) is 0 Å². The van der Waals surface area contributed by atoms with Gasteiger partial charge >= 0.3 is 5.97 Å². The van der Waals surface area contributed by atoms with Crippen molar-refractivity contribution in [2.45, 2.75) is 347 Å². The molecule has 0 aromatic heterocycles. The van der Waals surface area contributed by atoms with E-state index in [0.29, 0.717) is 19.4 Å². The first-order valence-corrected chi connectivity index (χ1v) is 31.3. The molecule has 0 saturated heterocycles. The fourth-order valence-electron chi connectivity index (χ4n) is 9.61. The molecule has 6 heteroatoms. The molecule has 0 aliphatic rings. The van der Waals surface area contributed by atoms with Crippen LogP contribution in [0.15, 0.2) is 36.5 Å². The van der Waals surface area contributed by atoms with Gasteiger partial charge in [-0.05, 0) is 64.2 Å². The van der Waals surface area contributed by atoms with Crippen LogP contribution in [0.1, 0.15) is 335 Å². The van der Waals surface area contributed by atoms with Crippen LogP contribution >= 0.6 is 0 Å². The third-order valence-electron chi connectivity index (χ3n) is 14.4. The first kappa shape index (κ1) is 68.1. The third kappa shape index (κ3) is 55.4. The Bertz CT molecular complexity index is 1130. The Morgan fingerprint density at radius 1 is 0.400 bits per heavy atom. The van der Waals surface area contributed by atoms with Crippen molar-refractivity contribution in [3.63, 3.8) is 0 Å². The lowest BCUT2D eigenvalue weighted by molar-refractivity contribution is -0.143. The first-order chi connectivity index (χ1) is 34.5. The van der Waals surface area contributed by atoms with Crippen molar-refractivity contribution in [1.82, 2.24) is 5.32 Å². The van der Waals surface area contributed by atoms with Gasteiger partial charge in [0.25, 0.3) is 0 Å². The van der Waals surface area contributed by atoms with E-state index >= 15 is 0 Å². The molecule has 3 N–H and O–H groups in total. The van der Waals surface area contributed by atoms with Crippen molar-refractivity contribution in [3.05, 3.63) is 36.5 Å². The van der Waals surface area contributed by atoms with Gasteiger partial charge in [0.15, 0.2) is 0 Å². The number of hydrogen-bond donors (Lipinski definition) is 3. The smallest absolute Gasteiger partial charge is 0.305 e. The van der Waals surface area contributed by atoms with Gasteiger partial charge in [0.2, 0.25) is 5.91 Å². The standard InChI is InChI=1S/C64H121NO5/c1-3-5-7-9-11-13-15-17-18-19-23-27-30-34-38-42-46-50-54-58-64(69)70-59-55-51-47-43-39-35-31-28-25-22-20-21-24-26-29-33-37-41-45-49-53-57-63(68)65-61(60-66)62(67)56-52-48-44-40-36-32-16-14-12-10-8-6-4-2/h11,13,17-18,52,56,61-62,66-67H,3-10,12,14-16,19-51,53-55,57-60H2,1-2H3,(H,65,68)/b13-11-,18-17-,56-52+. The number of amides is 1. The molecule has 2 unspecified atom stereocenters. The van der Waals surface area contributed by atoms with E-state index in [2.05, 4.69) is 43.5 Å². The minimum Gasteiger partial charge on any atom is -0.466 e. The van der Waals surface area contributed by atoms with Crippen molar-refractivity contribution in [2.75, 3.05) is 13.2 Å². The molecule has 0 aliphatic heterocycles. The van der Waals surface area contributed by atoms with Crippen LogP contribution in [0.5, 0.6) is 0 Å². The molecule has 0 radical (unpaired) electrons. The number of carbonyl (C=O) groups excluding carboxylic acids is 2. The zero-order valence-corrected chi connectivity index (χ0v) is 47.0. The van der Waals surface area contributed by atoms with Crippen LogP contribution in [0.4, 0.5) is 0 Å². The lowest BCUT2D eigenvalue weighted by Gasteiger charge is -2.20. The number of carbonyl (C=O) groups is 2. The summed E-state index contributed by atoms with van der Waals surface area (Å²) in [7, 11) is 0. The Morgan fingerprint density at radius 2 is 0.714 bits per heavy atom. The topological polar surface area (TPSA) is 95.9 Å². The molecule has 0 saturated carbocycles. The summed E-state index contributed by atoms with van der Waals surface area (Å²) in [6.07, 6.45) is 74.7. The predicted molar refractivity (Wildman–Crippen MR) is 306 cm³/mol. The molecule has 0 rings (SSSR count). The van der Waals surface area contributed by atoms with E-state index in [1.54, 1.807) is 6.08 Å². The molecular weight excluding hydrogens is 863 g/mol. The first-order valence-electron chi connectivity index (χ1n) is 31.3. The molecule has 0 spiro atoms. The SMILES string of the molecule is CCCCC/C=C\C/C=C\CCCCCCCCCCCC(=O)OCCCCCCCCCCCCCCCCCCCCCCCC(=O)NC(CO)C(O)/C=C/CCCCCCCCCCCCC. The second kappa shape index (κ2) is 59.6. The molecule has 0 aromatic carbocycles. The maximum absolute atomic E-state index is 12.4. The number of unbranched alkanes of at least 4 members (excludes halogenated alkanes) is 43. The van der Waals surface area contributed by atoms with Crippen molar-refractivity contribution in [3.8, 4) is 0 Å². The summed E-state index contributed by atoms with van der Waals surface area (Å²) in [6.45, 7) is 4.88.